The van der Waals surface area contributed by atoms with Gasteiger partial charge in [0.1, 0.15) is 0 Å². The third-order valence-corrected chi connectivity index (χ3v) is 4.55. The Labute approximate surface area is 151 Å². The molecule has 134 valence electrons. The van der Waals surface area contributed by atoms with E-state index >= 15 is 0 Å². The monoisotopic (exact) mass is 350 g/mol. The molecule has 2 heterocycles. The second-order valence-electron chi connectivity index (χ2n) is 6.47. The molecule has 0 spiro atoms. The average molecular weight is 350 g/mol. The predicted molar refractivity (Wildman–Crippen MR) is 101 cm³/mol. The van der Waals surface area contributed by atoms with E-state index in [1.165, 1.54) is 0 Å². The fourth-order valence-corrected chi connectivity index (χ4v) is 2.72. The van der Waals surface area contributed by atoms with E-state index in [1.54, 1.807) is 36.8 Å². The summed E-state index contributed by atoms with van der Waals surface area (Å²) in [7, 11) is 0. The number of benzene rings is 1. The van der Waals surface area contributed by atoms with Crippen molar-refractivity contribution < 1.29 is 4.79 Å². The number of pyridine rings is 1. The lowest BCUT2D eigenvalue weighted by Gasteiger charge is -2.14. The van der Waals surface area contributed by atoms with Crippen LogP contribution in [0, 0.1) is 13.8 Å². The Bertz CT molecular complexity index is 956. The molecule has 3 aromatic rings. The van der Waals surface area contributed by atoms with Gasteiger partial charge in [-0.25, -0.2) is 4.98 Å². The molecule has 0 aliphatic carbocycles. The van der Waals surface area contributed by atoms with E-state index in [4.69, 9.17) is 0 Å². The van der Waals surface area contributed by atoms with Crippen LogP contribution in [-0.4, -0.2) is 27.0 Å². The van der Waals surface area contributed by atoms with Crippen LogP contribution in [-0.2, 0) is 0 Å². The molecule has 0 aliphatic heterocycles. The predicted octanol–water partition coefficient (Wildman–Crippen LogP) is 2.85. The molecule has 1 unspecified atom stereocenters. The number of H-pyrrole nitrogens is 1. The van der Waals surface area contributed by atoms with E-state index in [2.05, 4.69) is 15.3 Å². The summed E-state index contributed by atoms with van der Waals surface area (Å²) in [5.74, 6) is -0.141. The van der Waals surface area contributed by atoms with Crippen LogP contribution in [0.5, 0.6) is 0 Å². The summed E-state index contributed by atoms with van der Waals surface area (Å²) in [5.41, 5.74) is 3.72. The van der Waals surface area contributed by atoms with Crippen LogP contribution >= 0.6 is 0 Å². The number of aromatic nitrogens is 3. The van der Waals surface area contributed by atoms with Gasteiger partial charge in [-0.05, 0) is 50.1 Å². The maximum atomic E-state index is 12.3. The maximum Gasteiger partial charge on any atom is 0.256 e. The number of hydrogen-bond acceptors (Lipinski definition) is 3. The summed E-state index contributed by atoms with van der Waals surface area (Å²) in [5, 5.41) is 2.92. The van der Waals surface area contributed by atoms with E-state index in [0.717, 1.165) is 16.8 Å². The van der Waals surface area contributed by atoms with Crippen molar-refractivity contribution in [2.75, 3.05) is 6.54 Å². The molecule has 0 aliphatic rings. The van der Waals surface area contributed by atoms with Crippen LogP contribution in [0.1, 0.15) is 34.6 Å². The van der Waals surface area contributed by atoms with Crippen LogP contribution in [0.25, 0.3) is 11.1 Å². The van der Waals surface area contributed by atoms with Gasteiger partial charge in [-0.2, -0.15) is 0 Å². The summed E-state index contributed by atoms with van der Waals surface area (Å²) in [4.78, 5) is 31.3. The summed E-state index contributed by atoms with van der Waals surface area (Å²) in [6.45, 7) is 6.35. The van der Waals surface area contributed by atoms with Gasteiger partial charge in [0.15, 0.2) is 0 Å². The largest absolute Gasteiger partial charge is 0.350 e. The number of imidazole rings is 1. The van der Waals surface area contributed by atoms with Crippen molar-refractivity contribution in [1.29, 1.82) is 0 Å². The van der Waals surface area contributed by atoms with Crippen molar-refractivity contribution in [3.63, 3.8) is 0 Å². The highest BCUT2D eigenvalue weighted by Crippen LogP contribution is 2.18. The number of rotatable bonds is 5. The summed E-state index contributed by atoms with van der Waals surface area (Å²) < 4.78 is 1.94. The molecule has 2 N–H and O–H groups in total. The first-order valence-electron chi connectivity index (χ1n) is 8.52. The van der Waals surface area contributed by atoms with E-state index in [0.29, 0.717) is 17.7 Å². The zero-order chi connectivity index (χ0) is 18.7. The molecule has 3 rings (SSSR count). The summed E-state index contributed by atoms with van der Waals surface area (Å²) in [6, 6.07) is 9.06. The topological polar surface area (TPSA) is 79.8 Å². The molecule has 6 heteroatoms. The van der Waals surface area contributed by atoms with E-state index in [9.17, 15) is 9.59 Å². The van der Waals surface area contributed by atoms with Crippen molar-refractivity contribution in [3.8, 4) is 11.1 Å². The van der Waals surface area contributed by atoms with E-state index < -0.39 is 0 Å². The van der Waals surface area contributed by atoms with Crippen LogP contribution in [0.15, 0.2) is 53.8 Å². The second kappa shape index (κ2) is 7.39. The van der Waals surface area contributed by atoms with Crippen LogP contribution in [0.4, 0.5) is 0 Å². The first kappa shape index (κ1) is 17.7. The van der Waals surface area contributed by atoms with Crippen molar-refractivity contribution in [2.45, 2.75) is 26.8 Å². The van der Waals surface area contributed by atoms with Crippen LogP contribution < -0.4 is 10.9 Å². The lowest BCUT2D eigenvalue weighted by Crippen LogP contribution is -2.29. The van der Waals surface area contributed by atoms with E-state index in [1.807, 2.05) is 37.6 Å². The van der Waals surface area contributed by atoms with Gasteiger partial charge in [0, 0.05) is 41.8 Å². The quantitative estimate of drug-likeness (QED) is 0.742. The van der Waals surface area contributed by atoms with Gasteiger partial charge in [-0.3, -0.25) is 9.59 Å². The Morgan fingerprint density at radius 2 is 2.00 bits per heavy atom. The minimum Gasteiger partial charge on any atom is -0.350 e. The van der Waals surface area contributed by atoms with Gasteiger partial charge in [-0.15, -0.1) is 0 Å². The van der Waals surface area contributed by atoms with Crippen LogP contribution in [0.2, 0.25) is 0 Å². The normalized spacial score (nSPS) is 12.0. The van der Waals surface area contributed by atoms with Gasteiger partial charge < -0.3 is 14.9 Å². The number of hydrogen-bond donors (Lipinski definition) is 2. The molecule has 1 aromatic carbocycles. The number of carbonyl (C=O) groups excluding carboxylic acids is 1. The Balaban J connectivity index is 1.70. The lowest BCUT2D eigenvalue weighted by molar-refractivity contribution is 0.0948. The molecule has 6 nitrogen and oxygen atoms in total. The van der Waals surface area contributed by atoms with Gasteiger partial charge in [0.05, 0.1) is 6.33 Å². The maximum absolute atomic E-state index is 12.3. The Morgan fingerprint density at radius 1 is 1.27 bits per heavy atom. The van der Waals surface area contributed by atoms with Gasteiger partial charge >= 0.3 is 0 Å². The third kappa shape index (κ3) is 3.74. The summed E-state index contributed by atoms with van der Waals surface area (Å²) >= 11 is 0. The minimum absolute atomic E-state index is 0.120. The smallest absolute Gasteiger partial charge is 0.256 e. The van der Waals surface area contributed by atoms with Crippen molar-refractivity contribution >= 4 is 5.91 Å². The molecule has 1 amide bonds. The van der Waals surface area contributed by atoms with Crippen LogP contribution in [0.3, 0.4) is 0 Å². The fraction of sp³-hybridized carbons (Fsp3) is 0.250. The zero-order valence-electron chi connectivity index (χ0n) is 15.1. The second-order valence-corrected chi connectivity index (χ2v) is 6.47. The Kier molecular flexibility index (Phi) is 5.02. The Morgan fingerprint density at radius 3 is 2.65 bits per heavy atom. The zero-order valence-corrected chi connectivity index (χ0v) is 15.1. The van der Waals surface area contributed by atoms with E-state index in [-0.39, 0.29) is 17.5 Å². The van der Waals surface area contributed by atoms with Gasteiger partial charge in [-0.1, -0.05) is 12.1 Å². The van der Waals surface area contributed by atoms with Crippen molar-refractivity contribution in [3.05, 3.63) is 76.2 Å². The molecule has 0 bridgehead atoms. The van der Waals surface area contributed by atoms with Gasteiger partial charge in [0.2, 0.25) is 0 Å². The molecular formula is C20H22N4O2. The third-order valence-electron chi connectivity index (χ3n) is 4.55. The highest BCUT2D eigenvalue weighted by molar-refractivity contribution is 5.94. The summed E-state index contributed by atoms with van der Waals surface area (Å²) in [6.07, 6.45) is 5.31. The number of carbonyl (C=O) groups is 1. The number of nitrogens with one attached hydrogen (secondary N) is 2. The number of aromatic amines is 1. The number of amides is 1. The molecule has 0 saturated carbocycles. The molecule has 0 radical (unpaired) electrons. The first-order valence-corrected chi connectivity index (χ1v) is 8.52. The molecule has 26 heavy (non-hydrogen) atoms. The highest BCUT2D eigenvalue weighted by atomic mass is 16.1. The highest BCUT2D eigenvalue weighted by Gasteiger charge is 2.10. The van der Waals surface area contributed by atoms with Crippen molar-refractivity contribution in [1.82, 2.24) is 19.9 Å². The molecule has 0 fully saturated rings. The van der Waals surface area contributed by atoms with Crippen molar-refractivity contribution in [2.24, 2.45) is 0 Å². The minimum atomic E-state index is -0.141. The first-order chi connectivity index (χ1) is 12.5. The standard InChI is InChI=1S/C20H22N4O2/c1-13-10-18(20(26)23-15(13)3)16-4-6-17(7-5-16)19(25)22-11-14(2)24-9-8-21-12-24/h4-10,12,14H,11H2,1-3H3,(H,22,25)(H,23,26). The van der Waals surface area contributed by atoms with Gasteiger partial charge in [0.25, 0.3) is 11.5 Å². The molecule has 0 saturated heterocycles. The molecular weight excluding hydrogens is 328 g/mol. The Hall–Kier alpha value is -3.15. The number of nitrogens with zero attached hydrogens (tertiary/aromatic N) is 2. The lowest BCUT2D eigenvalue weighted by atomic mass is 10.0. The fourth-order valence-electron chi connectivity index (χ4n) is 2.72. The molecule has 1 atom stereocenters. The average Bonchev–Trinajstić information content (AvgIpc) is 3.17. The SMILES string of the molecule is Cc1cc(-c2ccc(C(=O)NCC(C)n3ccnc3)cc2)c(=O)[nH]c1C. The number of aryl methyl sites for hydroxylation is 2. The molecule has 2 aromatic heterocycles.